The average molecular weight is 282 g/mol. The van der Waals surface area contributed by atoms with Gasteiger partial charge in [0.1, 0.15) is 0 Å². The highest BCUT2D eigenvalue weighted by Crippen LogP contribution is 2.32. The van der Waals surface area contributed by atoms with Crippen LogP contribution >= 0.6 is 11.8 Å². The fourth-order valence-electron chi connectivity index (χ4n) is 3.24. The van der Waals surface area contributed by atoms with E-state index in [-0.39, 0.29) is 11.9 Å². The fourth-order valence-corrected chi connectivity index (χ4v) is 3.82. The largest absolute Gasteiger partial charge is 0.354 e. The predicted octanol–water partition coefficient (Wildman–Crippen LogP) is 2.33. The van der Waals surface area contributed by atoms with E-state index in [1.807, 2.05) is 6.08 Å². The molecule has 108 valence electrons. The van der Waals surface area contributed by atoms with Gasteiger partial charge < -0.3 is 10.6 Å². The van der Waals surface area contributed by atoms with Crippen molar-refractivity contribution in [1.29, 1.82) is 0 Å². The molecular weight excluding hydrogens is 256 g/mol. The standard InChI is InChI=1S/C15H26N2OS/c1-2-10-19-11-9-16-15(18)14-8-7-12-5-3-4-6-13(12)17-14/h2,12-14,17H,1,3-11H2,(H,16,18). The molecule has 0 aromatic heterocycles. The number of piperidine rings is 1. The summed E-state index contributed by atoms with van der Waals surface area (Å²) in [6.45, 7) is 4.45. The Bertz CT molecular complexity index is 309. The normalized spacial score (nSPS) is 30.4. The first-order valence-electron chi connectivity index (χ1n) is 7.53. The third kappa shape index (κ3) is 4.53. The molecule has 0 aromatic carbocycles. The molecule has 1 aliphatic heterocycles. The quantitative estimate of drug-likeness (QED) is 0.580. The monoisotopic (exact) mass is 282 g/mol. The summed E-state index contributed by atoms with van der Waals surface area (Å²) in [5.74, 6) is 2.95. The van der Waals surface area contributed by atoms with Gasteiger partial charge in [0.05, 0.1) is 6.04 Å². The maximum absolute atomic E-state index is 12.1. The van der Waals surface area contributed by atoms with Gasteiger partial charge in [0, 0.05) is 24.1 Å². The topological polar surface area (TPSA) is 41.1 Å². The van der Waals surface area contributed by atoms with E-state index >= 15 is 0 Å². The summed E-state index contributed by atoms with van der Waals surface area (Å²) in [6.07, 6.45) is 9.43. The van der Waals surface area contributed by atoms with Gasteiger partial charge in [0.15, 0.2) is 0 Å². The van der Waals surface area contributed by atoms with Crippen molar-refractivity contribution < 1.29 is 4.79 Å². The first-order chi connectivity index (χ1) is 9.31. The van der Waals surface area contributed by atoms with E-state index in [4.69, 9.17) is 0 Å². The van der Waals surface area contributed by atoms with Crippen LogP contribution in [0.3, 0.4) is 0 Å². The van der Waals surface area contributed by atoms with Crippen LogP contribution in [0.2, 0.25) is 0 Å². The summed E-state index contributed by atoms with van der Waals surface area (Å²) in [7, 11) is 0. The summed E-state index contributed by atoms with van der Waals surface area (Å²) in [5, 5.41) is 6.62. The molecular formula is C15H26N2OS. The molecule has 1 amide bonds. The minimum atomic E-state index is 0.0451. The lowest BCUT2D eigenvalue weighted by Crippen LogP contribution is -2.55. The van der Waals surface area contributed by atoms with Crippen molar-refractivity contribution in [3.8, 4) is 0 Å². The summed E-state index contributed by atoms with van der Waals surface area (Å²) < 4.78 is 0. The van der Waals surface area contributed by atoms with Crippen LogP contribution in [0.4, 0.5) is 0 Å². The molecule has 1 aliphatic carbocycles. The molecule has 19 heavy (non-hydrogen) atoms. The van der Waals surface area contributed by atoms with Gasteiger partial charge in [-0.25, -0.2) is 0 Å². The van der Waals surface area contributed by atoms with Crippen molar-refractivity contribution in [1.82, 2.24) is 10.6 Å². The van der Waals surface area contributed by atoms with Crippen LogP contribution < -0.4 is 10.6 Å². The Hall–Kier alpha value is -0.480. The van der Waals surface area contributed by atoms with E-state index in [0.29, 0.717) is 6.04 Å². The number of hydrogen-bond acceptors (Lipinski definition) is 3. The van der Waals surface area contributed by atoms with E-state index in [9.17, 15) is 4.79 Å². The van der Waals surface area contributed by atoms with E-state index in [2.05, 4.69) is 17.2 Å². The Labute approximate surface area is 121 Å². The van der Waals surface area contributed by atoms with Crippen molar-refractivity contribution >= 4 is 17.7 Å². The highest BCUT2D eigenvalue weighted by molar-refractivity contribution is 7.99. The molecule has 2 fully saturated rings. The van der Waals surface area contributed by atoms with Gasteiger partial charge >= 0.3 is 0 Å². The summed E-state index contributed by atoms with van der Waals surface area (Å²) in [5.41, 5.74) is 0. The zero-order valence-corrected chi connectivity index (χ0v) is 12.5. The van der Waals surface area contributed by atoms with Crippen molar-refractivity contribution in [3.63, 3.8) is 0 Å². The zero-order valence-electron chi connectivity index (χ0n) is 11.7. The van der Waals surface area contributed by atoms with Gasteiger partial charge in [-0.1, -0.05) is 18.9 Å². The first kappa shape index (κ1) is 14.9. The van der Waals surface area contributed by atoms with Gasteiger partial charge in [0.25, 0.3) is 0 Å². The van der Waals surface area contributed by atoms with Gasteiger partial charge in [-0.3, -0.25) is 4.79 Å². The molecule has 3 unspecified atom stereocenters. The molecule has 0 bridgehead atoms. The Kier molecular flexibility index (Phi) is 6.24. The average Bonchev–Trinajstić information content (AvgIpc) is 2.46. The van der Waals surface area contributed by atoms with E-state index in [1.54, 1.807) is 11.8 Å². The van der Waals surface area contributed by atoms with Gasteiger partial charge in [-0.15, -0.1) is 6.58 Å². The first-order valence-corrected chi connectivity index (χ1v) is 8.69. The lowest BCUT2D eigenvalue weighted by molar-refractivity contribution is -0.124. The molecule has 0 spiro atoms. The Morgan fingerprint density at radius 1 is 1.32 bits per heavy atom. The molecule has 2 N–H and O–H groups in total. The number of rotatable bonds is 6. The Balaban J connectivity index is 1.67. The number of hydrogen-bond donors (Lipinski definition) is 2. The number of fused-ring (bicyclic) bond motifs is 1. The highest BCUT2D eigenvalue weighted by Gasteiger charge is 2.34. The lowest BCUT2D eigenvalue weighted by Gasteiger charge is -2.39. The van der Waals surface area contributed by atoms with Gasteiger partial charge in [-0.05, 0) is 31.6 Å². The third-order valence-electron chi connectivity index (χ3n) is 4.25. The number of thioether (sulfide) groups is 1. The highest BCUT2D eigenvalue weighted by atomic mass is 32.2. The van der Waals surface area contributed by atoms with Crippen LogP contribution in [0.1, 0.15) is 38.5 Å². The van der Waals surface area contributed by atoms with E-state index < -0.39 is 0 Å². The van der Waals surface area contributed by atoms with Gasteiger partial charge in [0.2, 0.25) is 5.91 Å². The minimum Gasteiger partial charge on any atom is -0.354 e. The van der Waals surface area contributed by atoms with Crippen LogP contribution in [0.5, 0.6) is 0 Å². The number of nitrogens with one attached hydrogen (secondary N) is 2. The third-order valence-corrected chi connectivity index (χ3v) is 5.21. The molecule has 1 saturated heterocycles. The molecule has 3 nitrogen and oxygen atoms in total. The maximum atomic E-state index is 12.1. The van der Waals surface area contributed by atoms with Crippen LogP contribution in [0, 0.1) is 5.92 Å². The predicted molar refractivity (Wildman–Crippen MR) is 82.4 cm³/mol. The van der Waals surface area contributed by atoms with Crippen LogP contribution in [0.25, 0.3) is 0 Å². The Morgan fingerprint density at radius 2 is 2.16 bits per heavy atom. The number of carbonyl (C=O) groups is 1. The second-order valence-corrected chi connectivity index (χ2v) is 6.75. The lowest BCUT2D eigenvalue weighted by atomic mass is 9.77. The van der Waals surface area contributed by atoms with Crippen molar-refractivity contribution in [2.45, 2.75) is 50.6 Å². The Morgan fingerprint density at radius 3 is 3.00 bits per heavy atom. The zero-order chi connectivity index (χ0) is 13.5. The molecule has 0 aromatic rings. The van der Waals surface area contributed by atoms with E-state index in [1.165, 1.54) is 32.1 Å². The summed E-state index contributed by atoms with van der Waals surface area (Å²) in [6, 6.07) is 0.636. The van der Waals surface area contributed by atoms with Crippen molar-refractivity contribution in [2.75, 3.05) is 18.1 Å². The number of carbonyl (C=O) groups excluding carboxylic acids is 1. The molecule has 2 rings (SSSR count). The van der Waals surface area contributed by atoms with Crippen LogP contribution in [-0.2, 0) is 4.79 Å². The summed E-state index contributed by atoms with van der Waals surface area (Å²) >= 11 is 1.81. The number of amides is 1. The summed E-state index contributed by atoms with van der Waals surface area (Å²) in [4.78, 5) is 12.1. The second-order valence-electron chi connectivity index (χ2n) is 5.60. The molecule has 4 heteroatoms. The van der Waals surface area contributed by atoms with Crippen LogP contribution in [-0.4, -0.2) is 36.0 Å². The van der Waals surface area contributed by atoms with Crippen LogP contribution in [0.15, 0.2) is 12.7 Å². The second kappa shape index (κ2) is 7.95. The van der Waals surface area contributed by atoms with Gasteiger partial charge in [-0.2, -0.15) is 11.8 Å². The molecule has 1 saturated carbocycles. The smallest absolute Gasteiger partial charge is 0.237 e. The maximum Gasteiger partial charge on any atom is 0.237 e. The van der Waals surface area contributed by atoms with E-state index in [0.717, 1.165) is 30.4 Å². The SMILES string of the molecule is C=CCSCCNC(=O)C1CCC2CCCCC2N1. The molecule has 1 heterocycles. The molecule has 2 aliphatic rings. The molecule has 0 radical (unpaired) electrons. The minimum absolute atomic E-state index is 0.0451. The fraction of sp³-hybridized carbons (Fsp3) is 0.800. The van der Waals surface area contributed by atoms with Crippen molar-refractivity contribution in [2.24, 2.45) is 5.92 Å². The molecule has 3 atom stereocenters. The van der Waals surface area contributed by atoms with Crippen molar-refractivity contribution in [3.05, 3.63) is 12.7 Å².